The van der Waals surface area contributed by atoms with Crippen LogP contribution in [0.25, 0.3) is 0 Å². The van der Waals surface area contributed by atoms with Gasteiger partial charge < -0.3 is 4.74 Å². The van der Waals surface area contributed by atoms with E-state index in [2.05, 4.69) is 28.7 Å². The van der Waals surface area contributed by atoms with Gasteiger partial charge in [0.1, 0.15) is 0 Å². The Bertz CT molecular complexity index is 473. The van der Waals surface area contributed by atoms with E-state index in [1.165, 1.54) is 31.2 Å². The summed E-state index contributed by atoms with van der Waals surface area (Å²) in [7, 11) is 0. The van der Waals surface area contributed by atoms with Crippen LogP contribution in [0.3, 0.4) is 0 Å². The van der Waals surface area contributed by atoms with Gasteiger partial charge in [-0.1, -0.05) is 38.5 Å². The van der Waals surface area contributed by atoms with Gasteiger partial charge >= 0.3 is 0 Å². The van der Waals surface area contributed by atoms with Gasteiger partial charge in [-0.3, -0.25) is 4.90 Å². The summed E-state index contributed by atoms with van der Waals surface area (Å²) in [6, 6.07) is 0. The molecule has 1 aliphatic heterocycles. The van der Waals surface area contributed by atoms with Crippen LogP contribution in [0.2, 0.25) is 0 Å². The molecule has 4 nitrogen and oxygen atoms in total. The molecule has 1 aromatic rings. The molecule has 1 saturated heterocycles. The zero-order valence-electron chi connectivity index (χ0n) is 13.8. The molecule has 3 rings (SSSR count). The van der Waals surface area contributed by atoms with Gasteiger partial charge in [-0.05, 0) is 19.3 Å². The minimum Gasteiger partial charge on any atom is -0.372 e. The van der Waals surface area contributed by atoms with Crippen molar-refractivity contribution in [2.75, 3.05) is 19.7 Å². The van der Waals surface area contributed by atoms with E-state index in [0.717, 1.165) is 37.8 Å². The van der Waals surface area contributed by atoms with Gasteiger partial charge in [0.25, 0.3) is 0 Å². The van der Waals surface area contributed by atoms with Crippen molar-refractivity contribution < 1.29 is 4.74 Å². The van der Waals surface area contributed by atoms with Gasteiger partial charge in [-0.2, -0.15) is 0 Å². The molecule has 2 aliphatic rings. The highest BCUT2D eigenvalue weighted by Gasteiger charge is 2.39. The Kier molecular flexibility index (Phi) is 5.37. The third-order valence-corrected chi connectivity index (χ3v) is 5.97. The molecule has 2 heterocycles. The van der Waals surface area contributed by atoms with Gasteiger partial charge in [0.15, 0.2) is 5.16 Å². The quantitative estimate of drug-likeness (QED) is 0.613. The molecule has 0 N–H and O–H groups in total. The van der Waals surface area contributed by atoms with Gasteiger partial charge in [0.2, 0.25) is 0 Å². The third kappa shape index (κ3) is 4.00. The lowest BCUT2D eigenvalue weighted by atomic mass is 9.99. The van der Waals surface area contributed by atoms with Gasteiger partial charge in [-0.25, -0.2) is 9.97 Å². The van der Waals surface area contributed by atoms with Gasteiger partial charge in [0.05, 0.1) is 12.2 Å². The van der Waals surface area contributed by atoms with E-state index < -0.39 is 0 Å². The van der Waals surface area contributed by atoms with Crippen molar-refractivity contribution in [1.29, 1.82) is 0 Å². The van der Waals surface area contributed by atoms with E-state index in [9.17, 15) is 0 Å². The van der Waals surface area contributed by atoms with E-state index in [-0.39, 0.29) is 5.60 Å². The Morgan fingerprint density at radius 1 is 1.32 bits per heavy atom. The molecule has 22 heavy (non-hydrogen) atoms. The van der Waals surface area contributed by atoms with E-state index in [4.69, 9.17) is 4.74 Å². The highest BCUT2D eigenvalue weighted by Crippen LogP contribution is 2.36. The molecule has 1 unspecified atom stereocenters. The van der Waals surface area contributed by atoms with Crippen LogP contribution < -0.4 is 0 Å². The van der Waals surface area contributed by atoms with Crippen molar-refractivity contribution in [1.82, 2.24) is 14.9 Å². The molecular weight excluding hydrogens is 294 g/mol. The Labute approximate surface area is 138 Å². The molecule has 1 aliphatic carbocycles. The second-order valence-corrected chi connectivity index (χ2v) is 8.07. The zero-order valence-corrected chi connectivity index (χ0v) is 14.6. The minimum atomic E-state index is 0.144. The molecule has 1 saturated carbocycles. The van der Waals surface area contributed by atoms with Crippen molar-refractivity contribution in [3.8, 4) is 0 Å². The largest absolute Gasteiger partial charge is 0.372 e. The monoisotopic (exact) mass is 321 g/mol. The first-order chi connectivity index (χ1) is 10.7. The fraction of sp³-hybridized carbons (Fsp3) is 0.765. The van der Waals surface area contributed by atoms with E-state index in [1.807, 2.05) is 12.4 Å². The lowest BCUT2D eigenvalue weighted by Crippen LogP contribution is -2.49. The van der Waals surface area contributed by atoms with Crippen LogP contribution in [0.1, 0.15) is 51.5 Å². The molecule has 1 aromatic heterocycles. The summed E-state index contributed by atoms with van der Waals surface area (Å²) in [5, 5.41) is 1.47. The van der Waals surface area contributed by atoms with E-state index in [0.29, 0.717) is 5.25 Å². The first kappa shape index (κ1) is 16.2. The summed E-state index contributed by atoms with van der Waals surface area (Å²) in [5.41, 5.74) is 1.36. The highest BCUT2D eigenvalue weighted by atomic mass is 32.2. The normalized spacial score (nSPS) is 23.0. The van der Waals surface area contributed by atoms with Gasteiger partial charge in [0, 0.05) is 42.8 Å². The van der Waals surface area contributed by atoms with Gasteiger partial charge in [-0.15, -0.1) is 0 Å². The van der Waals surface area contributed by atoms with Crippen molar-refractivity contribution >= 4 is 11.8 Å². The summed E-state index contributed by atoms with van der Waals surface area (Å²) in [6.45, 7) is 8.31. The number of hydrogen-bond donors (Lipinski definition) is 0. The van der Waals surface area contributed by atoms with Crippen molar-refractivity contribution in [2.45, 2.75) is 68.5 Å². The molecule has 0 aromatic carbocycles. The van der Waals surface area contributed by atoms with E-state index >= 15 is 0 Å². The summed E-state index contributed by atoms with van der Waals surface area (Å²) in [5.74, 6) is 0. The number of ether oxygens (including phenoxy) is 1. The zero-order chi connectivity index (χ0) is 15.4. The first-order valence-electron chi connectivity index (χ1n) is 8.53. The maximum absolute atomic E-state index is 6.09. The number of rotatable bonds is 5. The summed E-state index contributed by atoms with van der Waals surface area (Å²) < 4.78 is 6.09. The average Bonchev–Trinajstić information content (AvgIpc) is 2.97. The number of nitrogens with zero attached hydrogens (tertiary/aromatic N) is 3. The summed E-state index contributed by atoms with van der Waals surface area (Å²) in [6.07, 6.45) is 10.2. The van der Waals surface area contributed by atoms with Crippen LogP contribution in [0.15, 0.2) is 17.6 Å². The smallest absolute Gasteiger partial charge is 0.187 e. The predicted octanol–water partition coefficient (Wildman–Crippen LogP) is 3.51. The molecule has 2 fully saturated rings. The predicted molar refractivity (Wildman–Crippen MR) is 90.1 cm³/mol. The second-order valence-electron chi connectivity index (χ2n) is 6.66. The maximum Gasteiger partial charge on any atom is 0.187 e. The number of aromatic nitrogens is 2. The molecule has 1 atom stereocenters. The maximum atomic E-state index is 6.09. The molecule has 0 amide bonds. The molecule has 0 radical (unpaired) electrons. The van der Waals surface area contributed by atoms with Crippen molar-refractivity contribution in [3.63, 3.8) is 0 Å². The standard InChI is InChI=1S/C17H27N3OS/c1-3-14(2)22-16-18-10-15(11-19-16)12-20-8-9-21-17(13-20)6-4-5-7-17/h10-11,14H,3-9,12-13H2,1-2H3. The topological polar surface area (TPSA) is 38.2 Å². The fourth-order valence-corrected chi connectivity index (χ4v) is 4.14. The molecule has 122 valence electrons. The highest BCUT2D eigenvalue weighted by molar-refractivity contribution is 7.99. The van der Waals surface area contributed by atoms with Crippen molar-refractivity contribution in [2.24, 2.45) is 0 Å². The molecular formula is C17H27N3OS. The minimum absolute atomic E-state index is 0.144. The third-order valence-electron chi connectivity index (χ3n) is 4.81. The average molecular weight is 321 g/mol. The van der Waals surface area contributed by atoms with E-state index in [1.54, 1.807) is 11.8 Å². The van der Waals surface area contributed by atoms with Crippen LogP contribution >= 0.6 is 11.8 Å². The SMILES string of the molecule is CCC(C)Sc1ncc(CN2CCOC3(CCCC3)C2)cn1. The molecule has 0 bridgehead atoms. The van der Waals surface area contributed by atoms with Crippen LogP contribution in [0.4, 0.5) is 0 Å². The number of hydrogen-bond acceptors (Lipinski definition) is 5. The fourth-order valence-electron chi connectivity index (χ4n) is 3.39. The van der Waals surface area contributed by atoms with Crippen LogP contribution in [-0.2, 0) is 11.3 Å². The Morgan fingerprint density at radius 2 is 2.05 bits per heavy atom. The Hall–Kier alpha value is -0.650. The van der Waals surface area contributed by atoms with Crippen LogP contribution in [0.5, 0.6) is 0 Å². The molecule has 5 heteroatoms. The summed E-state index contributed by atoms with van der Waals surface area (Å²) >= 11 is 1.76. The number of thioether (sulfide) groups is 1. The Balaban J connectivity index is 1.56. The first-order valence-corrected chi connectivity index (χ1v) is 9.41. The second kappa shape index (κ2) is 7.28. The molecule has 1 spiro atoms. The lowest BCUT2D eigenvalue weighted by Gasteiger charge is -2.40. The van der Waals surface area contributed by atoms with Crippen LogP contribution in [-0.4, -0.2) is 45.4 Å². The lowest BCUT2D eigenvalue weighted by molar-refractivity contribution is -0.107. The van der Waals surface area contributed by atoms with Crippen LogP contribution in [0, 0.1) is 0 Å². The van der Waals surface area contributed by atoms with Crippen molar-refractivity contribution in [3.05, 3.63) is 18.0 Å². The Morgan fingerprint density at radius 3 is 2.73 bits per heavy atom. The number of morpholine rings is 1. The summed E-state index contributed by atoms with van der Waals surface area (Å²) in [4.78, 5) is 11.5.